The highest BCUT2D eigenvalue weighted by Crippen LogP contribution is 2.16. The van der Waals surface area contributed by atoms with E-state index in [-0.39, 0.29) is 0 Å². The van der Waals surface area contributed by atoms with Crippen LogP contribution in [0, 0.1) is 12.8 Å². The molecule has 2 aromatic rings. The molecule has 4 heteroatoms. The molecule has 0 spiro atoms. The zero-order valence-electron chi connectivity index (χ0n) is 11.6. The van der Waals surface area contributed by atoms with Gasteiger partial charge in [0, 0.05) is 26.7 Å². The predicted octanol–water partition coefficient (Wildman–Crippen LogP) is 2.01. The molecule has 1 aromatic heterocycles. The molecule has 2 heterocycles. The van der Waals surface area contributed by atoms with Crippen LogP contribution in [0.4, 0.5) is 0 Å². The molecule has 1 aromatic carbocycles. The maximum Gasteiger partial charge on any atom is 0.106 e. The topological polar surface area (TPSA) is 39.1 Å². The van der Waals surface area contributed by atoms with Crippen LogP contribution >= 0.6 is 0 Å². The number of aryl methyl sites for hydroxylation is 2. The van der Waals surface area contributed by atoms with E-state index >= 15 is 0 Å². The normalized spacial score (nSPS) is 19.4. The monoisotopic (exact) mass is 259 g/mol. The molecular weight excluding hydrogens is 238 g/mol. The second kappa shape index (κ2) is 5.31. The van der Waals surface area contributed by atoms with Crippen LogP contribution in [0.25, 0.3) is 11.0 Å². The molecule has 0 aliphatic carbocycles. The highest BCUT2D eigenvalue weighted by Gasteiger charge is 2.14. The molecule has 1 unspecified atom stereocenters. The van der Waals surface area contributed by atoms with Gasteiger partial charge in [-0.15, -0.1) is 0 Å². The molecule has 0 radical (unpaired) electrons. The Kier molecular flexibility index (Phi) is 3.53. The van der Waals surface area contributed by atoms with Crippen molar-refractivity contribution in [3.63, 3.8) is 0 Å². The van der Waals surface area contributed by atoms with Gasteiger partial charge < -0.3 is 14.6 Å². The summed E-state index contributed by atoms with van der Waals surface area (Å²) in [7, 11) is 2.06. The summed E-state index contributed by atoms with van der Waals surface area (Å²) in [6.45, 7) is 5.82. The lowest BCUT2D eigenvalue weighted by Crippen LogP contribution is -2.22. The van der Waals surface area contributed by atoms with Gasteiger partial charge in [-0.05, 0) is 37.0 Å². The van der Waals surface area contributed by atoms with Crippen molar-refractivity contribution in [3.05, 3.63) is 29.6 Å². The fraction of sp³-hybridized carbons (Fsp3) is 0.533. The third-order valence-corrected chi connectivity index (χ3v) is 3.95. The van der Waals surface area contributed by atoms with E-state index < -0.39 is 0 Å². The van der Waals surface area contributed by atoms with Crippen molar-refractivity contribution in [2.75, 3.05) is 19.8 Å². The van der Waals surface area contributed by atoms with E-state index in [0.717, 1.165) is 37.6 Å². The van der Waals surface area contributed by atoms with Gasteiger partial charge in [-0.3, -0.25) is 0 Å². The standard InChI is InChI=1S/C15H21N3O/c1-11-17-14-7-12(3-4-15(14)18(11)2)8-16-9-13-5-6-19-10-13/h3-4,7,13,16H,5-6,8-10H2,1-2H3. The summed E-state index contributed by atoms with van der Waals surface area (Å²) in [6.07, 6.45) is 1.19. The van der Waals surface area contributed by atoms with Gasteiger partial charge in [0.15, 0.2) is 0 Å². The number of imidazole rings is 1. The van der Waals surface area contributed by atoms with Crippen LogP contribution in [-0.2, 0) is 18.3 Å². The Bertz CT molecular complexity index is 570. The van der Waals surface area contributed by atoms with Crippen LogP contribution in [0.2, 0.25) is 0 Å². The maximum absolute atomic E-state index is 5.38. The van der Waals surface area contributed by atoms with Crippen molar-refractivity contribution in [2.24, 2.45) is 13.0 Å². The first-order valence-corrected chi connectivity index (χ1v) is 6.94. The smallest absolute Gasteiger partial charge is 0.106 e. The van der Waals surface area contributed by atoms with Crippen LogP contribution in [0.1, 0.15) is 17.8 Å². The third kappa shape index (κ3) is 2.65. The van der Waals surface area contributed by atoms with Crippen molar-refractivity contribution in [1.29, 1.82) is 0 Å². The number of fused-ring (bicyclic) bond motifs is 1. The van der Waals surface area contributed by atoms with Gasteiger partial charge in [-0.2, -0.15) is 0 Å². The molecule has 1 saturated heterocycles. The fourth-order valence-corrected chi connectivity index (χ4v) is 2.64. The van der Waals surface area contributed by atoms with Crippen LogP contribution < -0.4 is 5.32 Å². The summed E-state index contributed by atoms with van der Waals surface area (Å²) in [4.78, 5) is 4.57. The molecule has 1 N–H and O–H groups in total. The predicted molar refractivity (Wildman–Crippen MR) is 76.1 cm³/mol. The van der Waals surface area contributed by atoms with Gasteiger partial charge in [0.05, 0.1) is 17.6 Å². The Balaban J connectivity index is 1.64. The number of benzene rings is 1. The Morgan fingerprint density at radius 3 is 3.16 bits per heavy atom. The highest BCUT2D eigenvalue weighted by molar-refractivity contribution is 5.76. The zero-order chi connectivity index (χ0) is 13.2. The molecule has 0 bridgehead atoms. The van der Waals surface area contributed by atoms with Gasteiger partial charge in [-0.1, -0.05) is 6.07 Å². The zero-order valence-corrected chi connectivity index (χ0v) is 11.6. The molecule has 1 fully saturated rings. The van der Waals surface area contributed by atoms with Crippen molar-refractivity contribution in [1.82, 2.24) is 14.9 Å². The van der Waals surface area contributed by atoms with E-state index in [1.165, 1.54) is 17.5 Å². The van der Waals surface area contributed by atoms with Gasteiger partial charge in [0.2, 0.25) is 0 Å². The van der Waals surface area contributed by atoms with Crippen molar-refractivity contribution >= 4 is 11.0 Å². The number of nitrogens with one attached hydrogen (secondary N) is 1. The fourth-order valence-electron chi connectivity index (χ4n) is 2.64. The summed E-state index contributed by atoms with van der Waals surface area (Å²) >= 11 is 0. The molecule has 4 nitrogen and oxygen atoms in total. The summed E-state index contributed by atoms with van der Waals surface area (Å²) < 4.78 is 7.51. The van der Waals surface area contributed by atoms with Crippen molar-refractivity contribution < 1.29 is 4.74 Å². The highest BCUT2D eigenvalue weighted by atomic mass is 16.5. The molecule has 19 heavy (non-hydrogen) atoms. The average molecular weight is 259 g/mol. The van der Waals surface area contributed by atoms with Gasteiger partial charge in [0.1, 0.15) is 5.82 Å². The number of ether oxygens (including phenoxy) is 1. The molecule has 0 amide bonds. The lowest BCUT2D eigenvalue weighted by molar-refractivity contribution is 0.185. The first kappa shape index (κ1) is 12.6. The molecule has 3 rings (SSSR count). The minimum atomic E-state index is 0.681. The first-order chi connectivity index (χ1) is 9.24. The van der Waals surface area contributed by atoms with Gasteiger partial charge in [0.25, 0.3) is 0 Å². The average Bonchev–Trinajstić information content (AvgIpc) is 3.00. The Hall–Kier alpha value is -1.39. The molecule has 1 aliphatic rings. The largest absolute Gasteiger partial charge is 0.381 e. The van der Waals surface area contributed by atoms with Crippen molar-refractivity contribution in [2.45, 2.75) is 19.9 Å². The van der Waals surface area contributed by atoms with Crippen LogP contribution in [0.5, 0.6) is 0 Å². The van der Waals surface area contributed by atoms with Crippen LogP contribution in [0.15, 0.2) is 18.2 Å². The molecule has 1 atom stereocenters. The Morgan fingerprint density at radius 2 is 2.37 bits per heavy atom. The van der Waals surface area contributed by atoms with E-state index in [9.17, 15) is 0 Å². The van der Waals surface area contributed by atoms with E-state index in [2.05, 4.69) is 40.1 Å². The quantitative estimate of drug-likeness (QED) is 0.913. The van der Waals surface area contributed by atoms with E-state index in [4.69, 9.17) is 4.74 Å². The second-order valence-corrected chi connectivity index (χ2v) is 5.40. The van der Waals surface area contributed by atoms with Crippen LogP contribution in [0.3, 0.4) is 0 Å². The molecule has 0 saturated carbocycles. The van der Waals surface area contributed by atoms with E-state index in [0.29, 0.717) is 5.92 Å². The Labute approximate surface area is 113 Å². The lowest BCUT2D eigenvalue weighted by atomic mass is 10.1. The number of hydrogen-bond donors (Lipinski definition) is 1. The summed E-state index contributed by atoms with van der Waals surface area (Å²) in [5, 5.41) is 3.52. The summed E-state index contributed by atoms with van der Waals surface area (Å²) in [5.74, 6) is 1.74. The second-order valence-electron chi connectivity index (χ2n) is 5.40. The van der Waals surface area contributed by atoms with E-state index in [1.807, 2.05) is 6.92 Å². The number of aromatic nitrogens is 2. The number of rotatable bonds is 4. The first-order valence-electron chi connectivity index (χ1n) is 6.94. The minimum absolute atomic E-state index is 0.681. The van der Waals surface area contributed by atoms with Crippen molar-refractivity contribution in [3.8, 4) is 0 Å². The third-order valence-electron chi connectivity index (χ3n) is 3.95. The maximum atomic E-state index is 5.38. The molecule has 102 valence electrons. The SMILES string of the molecule is Cc1nc2cc(CNCC3CCOC3)ccc2n1C. The molecular formula is C15H21N3O. The lowest BCUT2D eigenvalue weighted by Gasteiger charge is -2.09. The van der Waals surface area contributed by atoms with Gasteiger partial charge >= 0.3 is 0 Å². The number of hydrogen-bond acceptors (Lipinski definition) is 3. The number of nitrogens with zero attached hydrogens (tertiary/aromatic N) is 2. The van der Waals surface area contributed by atoms with Gasteiger partial charge in [-0.25, -0.2) is 4.98 Å². The minimum Gasteiger partial charge on any atom is -0.381 e. The summed E-state index contributed by atoms with van der Waals surface area (Å²) in [5.41, 5.74) is 3.58. The summed E-state index contributed by atoms with van der Waals surface area (Å²) in [6, 6.07) is 6.52. The Morgan fingerprint density at radius 1 is 1.47 bits per heavy atom. The van der Waals surface area contributed by atoms with Crippen LogP contribution in [-0.4, -0.2) is 29.3 Å². The molecule has 1 aliphatic heterocycles. The van der Waals surface area contributed by atoms with E-state index in [1.54, 1.807) is 0 Å².